The zero-order chi connectivity index (χ0) is 14.8. The molecule has 1 aromatic rings. The minimum atomic E-state index is 0.450. The summed E-state index contributed by atoms with van der Waals surface area (Å²) in [6.07, 6.45) is 6.56. The minimum Gasteiger partial charge on any atom is -0.311 e. The number of benzene rings is 1. The van der Waals surface area contributed by atoms with E-state index in [9.17, 15) is 0 Å². The number of hydrogen-bond acceptors (Lipinski definition) is 2. The maximum Gasteiger partial charge on any atom is 0.0409 e. The Bertz CT molecular complexity index is 464. The molecule has 2 bridgehead atoms. The van der Waals surface area contributed by atoms with Crippen LogP contribution in [0.3, 0.4) is 0 Å². The molecule has 21 heavy (non-hydrogen) atoms. The fraction of sp³-hybridized carbons (Fsp3) is 0.667. The van der Waals surface area contributed by atoms with Crippen LogP contribution in [-0.2, 0) is 0 Å². The first-order valence-electron chi connectivity index (χ1n) is 8.44. The van der Waals surface area contributed by atoms with Crippen molar-refractivity contribution in [1.29, 1.82) is 0 Å². The molecule has 0 spiro atoms. The highest BCUT2D eigenvalue weighted by molar-refractivity contribution is 6.30. The Balaban J connectivity index is 1.77. The number of nitrogens with zero attached hydrogens (tertiary/aromatic N) is 1. The third kappa shape index (κ3) is 3.44. The largest absolute Gasteiger partial charge is 0.311 e. The lowest BCUT2D eigenvalue weighted by Gasteiger charge is -2.41. The predicted octanol–water partition coefficient (Wildman–Crippen LogP) is 4.40. The molecule has 0 aliphatic carbocycles. The summed E-state index contributed by atoms with van der Waals surface area (Å²) in [6, 6.07) is 11.1. The van der Waals surface area contributed by atoms with Gasteiger partial charge in [-0.05, 0) is 63.3 Å². The van der Waals surface area contributed by atoms with E-state index in [2.05, 4.69) is 42.3 Å². The molecule has 1 N–H and O–H groups in total. The van der Waals surface area contributed by atoms with Gasteiger partial charge in [0, 0.05) is 29.2 Å². The second-order valence-electron chi connectivity index (χ2n) is 6.73. The van der Waals surface area contributed by atoms with Gasteiger partial charge in [-0.15, -0.1) is 0 Å². The lowest BCUT2D eigenvalue weighted by atomic mass is 9.95. The highest BCUT2D eigenvalue weighted by Crippen LogP contribution is 2.34. The molecule has 2 saturated heterocycles. The van der Waals surface area contributed by atoms with Gasteiger partial charge in [0.1, 0.15) is 0 Å². The van der Waals surface area contributed by atoms with E-state index in [-0.39, 0.29) is 0 Å². The quantitative estimate of drug-likeness (QED) is 0.867. The molecule has 2 fully saturated rings. The fourth-order valence-electron chi connectivity index (χ4n) is 4.21. The van der Waals surface area contributed by atoms with Crippen LogP contribution >= 0.6 is 11.6 Å². The van der Waals surface area contributed by atoms with Crippen molar-refractivity contribution in [3.05, 3.63) is 34.9 Å². The van der Waals surface area contributed by atoms with Crippen molar-refractivity contribution in [2.45, 2.75) is 70.1 Å². The van der Waals surface area contributed by atoms with Gasteiger partial charge >= 0.3 is 0 Å². The molecule has 0 saturated carbocycles. The van der Waals surface area contributed by atoms with Crippen molar-refractivity contribution in [1.82, 2.24) is 10.2 Å². The molecule has 2 aliphatic rings. The summed E-state index contributed by atoms with van der Waals surface area (Å²) in [5.41, 5.74) is 1.35. The van der Waals surface area contributed by atoms with Crippen LogP contribution in [0.1, 0.15) is 57.6 Å². The zero-order valence-corrected chi connectivity index (χ0v) is 13.9. The summed E-state index contributed by atoms with van der Waals surface area (Å²) in [5, 5.41) is 4.61. The first-order valence-corrected chi connectivity index (χ1v) is 8.82. The summed E-state index contributed by atoms with van der Waals surface area (Å²) in [7, 11) is 0. The molecule has 3 unspecified atom stereocenters. The van der Waals surface area contributed by atoms with Gasteiger partial charge in [-0.25, -0.2) is 0 Å². The third-order valence-electron chi connectivity index (χ3n) is 5.23. The average Bonchev–Trinajstić information content (AvgIpc) is 2.82. The van der Waals surface area contributed by atoms with Crippen LogP contribution in [0.2, 0.25) is 5.02 Å². The van der Waals surface area contributed by atoms with Crippen LogP contribution in [0.25, 0.3) is 0 Å². The fourth-order valence-corrected chi connectivity index (χ4v) is 4.41. The van der Waals surface area contributed by atoms with Crippen LogP contribution in [0, 0.1) is 0 Å². The topological polar surface area (TPSA) is 15.3 Å². The van der Waals surface area contributed by atoms with Gasteiger partial charge in [-0.3, -0.25) is 4.90 Å². The SMILES string of the molecule is CCCN(C1CC2CCC(C1)N2)C(C)c1cccc(Cl)c1. The van der Waals surface area contributed by atoms with Crippen molar-refractivity contribution >= 4 is 11.6 Å². The van der Waals surface area contributed by atoms with Gasteiger partial charge in [-0.2, -0.15) is 0 Å². The molecule has 2 aliphatic heterocycles. The van der Waals surface area contributed by atoms with E-state index in [1.165, 1.54) is 44.2 Å². The Morgan fingerprint density at radius 1 is 1.29 bits per heavy atom. The van der Waals surface area contributed by atoms with Crippen LogP contribution in [0.15, 0.2) is 24.3 Å². The summed E-state index contributed by atoms with van der Waals surface area (Å²) in [5.74, 6) is 0. The zero-order valence-electron chi connectivity index (χ0n) is 13.2. The van der Waals surface area contributed by atoms with E-state index >= 15 is 0 Å². The summed E-state index contributed by atoms with van der Waals surface area (Å²) >= 11 is 6.18. The molecule has 116 valence electrons. The van der Waals surface area contributed by atoms with Crippen molar-refractivity contribution in [3.63, 3.8) is 0 Å². The molecule has 3 heteroatoms. The van der Waals surface area contributed by atoms with Gasteiger partial charge < -0.3 is 5.32 Å². The van der Waals surface area contributed by atoms with Crippen LogP contribution in [0.5, 0.6) is 0 Å². The molecule has 2 nitrogen and oxygen atoms in total. The normalized spacial score (nSPS) is 29.8. The van der Waals surface area contributed by atoms with E-state index < -0.39 is 0 Å². The maximum absolute atomic E-state index is 6.18. The molecule has 2 heterocycles. The smallest absolute Gasteiger partial charge is 0.0409 e. The number of rotatable bonds is 5. The lowest BCUT2D eigenvalue weighted by molar-refractivity contribution is 0.101. The van der Waals surface area contributed by atoms with E-state index in [0.717, 1.165) is 23.1 Å². The van der Waals surface area contributed by atoms with Crippen molar-refractivity contribution in [2.24, 2.45) is 0 Å². The average molecular weight is 307 g/mol. The van der Waals surface area contributed by atoms with Gasteiger partial charge in [0.2, 0.25) is 0 Å². The highest BCUT2D eigenvalue weighted by atomic mass is 35.5. The van der Waals surface area contributed by atoms with E-state index in [1.807, 2.05) is 6.07 Å². The molecular formula is C18H27ClN2. The number of halogens is 1. The maximum atomic E-state index is 6.18. The molecule has 3 rings (SSSR count). The van der Waals surface area contributed by atoms with Crippen LogP contribution < -0.4 is 5.32 Å². The van der Waals surface area contributed by atoms with Gasteiger partial charge in [0.05, 0.1) is 0 Å². The molecule has 0 amide bonds. The van der Waals surface area contributed by atoms with Crippen LogP contribution in [-0.4, -0.2) is 29.6 Å². The third-order valence-corrected chi connectivity index (χ3v) is 5.46. The molecule has 1 aromatic carbocycles. The Morgan fingerprint density at radius 2 is 2.00 bits per heavy atom. The van der Waals surface area contributed by atoms with Gasteiger partial charge in [0.25, 0.3) is 0 Å². The Labute approximate surface area is 133 Å². The van der Waals surface area contributed by atoms with Crippen LogP contribution in [0.4, 0.5) is 0 Å². The van der Waals surface area contributed by atoms with E-state index in [4.69, 9.17) is 11.6 Å². The first-order chi connectivity index (χ1) is 10.2. The predicted molar refractivity (Wildman–Crippen MR) is 89.8 cm³/mol. The molecule has 0 radical (unpaired) electrons. The van der Waals surface area contributed by atoms with E-state index in [0.29, 0.717) is 6.04 Å². The number of hydrogen-bond donors (Lipinski definition) is 1. The molecular weight excluding hydrogens is 280 g/mol. The number of fused-ring (bicyclic) bond motifs is 2. The van der Waals surface area contributed by atoms with Crippen molar-refractivity contribution in [2.75, 3.05) is 6.54 Å². The Kier molecular flexibility index (Phi) is 4.88. The number of nitrogens with one attached hydrogen (secondary N) is 1. The standard InChI is InChI=1S/C18H27ClN2/c1-3-9-21(13(2)14-5-4-6-15(19)10-14)18-11-16-7-8-17(12-18)20-16/h4-6,10,13,16-18,20H,3,7-9,11-12H2,1-2H3. The second-order valence-corrected chi connectivity index (χ2v) is 7.17. The lowest BCUT2D eigenvalue weighted by Crippen LogP contribution is -2.49. The second kappa shape index (κ2) is 6.68. The van der Waals surface area contributed by atoms with Gasteiger partial charge in [0.15, 0.2) is 0 Å². The minimum absolute atomic E-state index is 0.450. The highest BCUT2D eigenvalue weighted by Gasteiger charge is 2.37. The summed E-state index contributed by atoms with van der Waals surface area (Å²) in [4.78, 5) is 2.72. The monoisotopic (exact) mass is 306 g/mol. The summed E-state index contributed by atoms with van der Waals surface area (Å²) in [6.45, 7) is 5.80. The summed E-state index contributed by atoms with van der Waals surface area (Å²) < 4.78 is 0. The molecule has 3 atom stereocenters. The van der Waals surface area contributed by atoms with Crippen molar-refractivity contribution < 1.29 is 0 Å². The molecule has 0 aromatic heterocycles. The number of piperidine rings is 1. The van der Waals surface area contributed by atoms with Gasteiger partial charge in [-0.1, -0.05) is 30.7 Å². The van der Waals surface area contributed by atoms with Crippen molar-refractivity contribution in [3.8, 4) is 0 Å². The van der Waals surface area contributed by atoms with E-state index in [1.54, 1.807) is 0 Å². The Hall–Kier alpha value is -0.570. The first kappa shape index (κ1) is 15.3. The Morgan fingerprint density at radius 3 is 2.62 bits per heavy atom.